The lowest BCUT2D eigenvalue weighted by atomic mass is 10.1. The van der Waals surface area contributed by atoms with Crippen LogP contribution >= 0.6 is 34.5 Å². The van der Waals surface area contributed by atoms with E-state index >= 15 is 0 Å². The van der Waals surface area contributed by atoms with Crippen LogP contribution in [0.15, 0.2) is 69.5 Å². The van der Waals surface area contributed by atoms with Crippen molar-refractivity contribution in [3.05, 3.63) is 81.3 Å². The smallest absolute Gasteiger partial charge is 0.262 e. The molecule has 4 aromatic rings. The zero-order valence-corrected chi connectivity index (χ0v) is 16.0. The molecule has 0 radical (unpaired) electrons. The minimum atomic E-state index is -0.372. The summed E-state index contributed by atoms with van der Waals surface area (Å²) in [6.45, 7) is 0. The van der Waals surface area contributed by atoms with Gasteiger partial charge in [-0.1, -0.05) is 23.2 Å². The third-order valence-electron chi connectivity index (χ3n) is 3.66. The second-order valence-electron chi connectivity index (χ2n) is 5.53. The van der Waals surface area contributed by atoms with Gasteiger partial charge in [-0.05, 0) is 48.5 Å². The number of carbonyl (C=O) groups excluding carboxylic acids is 1. The van der Waals surface area contributed by atoms with Crippen molar-refractivity contribution in [2.24, 2.45) is 4.99 Å². The normalized spacial score (nSPS) is 11.7. The third kappa shape index (κ3) is 4.03. The fourth-order valence-electron chi connectivity index (χ4n) is 2.43. The lowest BCUT2D eigenvalue weighted by molar-refractivity contribution is 0.102. The maximum absolute atomic E-state index is 12.8. The number of amides is 1. The summed E-state index contributed by atoms with van der Waals surface area (Å²) in [6, 6.07) is 13.8. The van der Waals surface area contributed by atoms with E-state index in [-0.39, 0.29) is 17.0 Å². The standard InChI is InChI=1S/C19H11Cl2N3O2S/c20-12-1-4-14(5-2-12)23-18-15(17(25)24-19-22-7-8-27-19)10-11-9-13(21)3-6-16(11)26-18/h1-10H,(H,22,24,25). The van der Waals surface area contributed by atoms with Crippen molar-refractivity contribution in [3.63, 3.8) is 0 Å². The first kappa shape index (κ1) is 17.7. The van der Waals surface area contributed by atoms with Gasteiger partial charge in [0.2, 0.25) is 5.55 Å². The molecule has 0 unspecified atom stereocenters. The fraction of sp³-hybridized carbons (Fsp3) is 0. The van der Waals surface area contributed by atoms with Crippen molar-refractivity contribution in [1.29, 1.82) is 0 Å². The summed E-state index contributed by atoms with van der Waals surface area (Å²) in [6.07, 6.45) is 1.61. The molecule has 5 nitrogen and oxygen atoms in total. The van der Waals surface area contributed by atoms with Gasteiger partial charge in [0.25, 0.3) is 5.91 Å². The Morgan fingerprint density at radius 2 is 1.85 bits per heavy atom. The van der Waals surface area contributed by atoms with E-state index < -0.39 is 0 Å². The molecular formula is C19H11Cl2N3O2S. The number of aromatic nitrogens is 1. The van der Waals surface area contributed by atoms with E-state index in [1.807, 2.05) is 0 Å². The number of anilines is 1. The molecule has 4 rings (SSSR count). The van der Waals surface area contributed by atoms with Gasteiger partial charge in [0.1, 0.15) is 11.1 Å². The minimum absolute atomic E-state index is 0.182. The molecule has 0 bridgehead atoms. The lowest BCUT2D eigenvalue weighted by Crippen LogP contribution is -2.21. The van der Waals surface area contributed by atoms with Crippen molar-refractivity contribution in [2.45, 2.75) is 0 Å². The number of benzene rings is 2. The Kier molecular flexibility index (Phi) is 4.94. The quantitative estimate of drug-likeness (QED) is 0.467. The maximum atomic E-state index is 12.8. The van der Waals surface area contributed by atoms with Gasteiger partial charge in [0.05, 0.1) is 5.69 Å². The molecule has 0 saturated carbocycles. The minimum Gasteiger partial charge on any atom is -0.438 e. The Hall–Kier alpha value is -2.67. The molecule has 0 saturated heterocycles. The molecule has 2 heterocycles. The van der Waals surface area contributed by atoms with Gasteiger partial charge in [-0.15, -0.1) is 11.3 Å². The number of thiazole rings is 1. The van der Waals surface area contributed by atoms with Gasteiger partial charge in [0.15, 0.2) is 5.13 Å². The zero-order chi connectivity index (χ0) is 18.8. The van der Waals surface area contributed by atoms with Crippen LogP contribution in [0.5, 0.6) is 0 Å². The van der Waals surface area contributed by atoms with E-state index in [4.69, 9.17) is 27.6 Å². The van der Waals surface area contributed by atoms with Crippen molar-refractivity contribution < 1.29 is 9.21 Å². The Labute approximate surface area is 167 Å². The molecular weight excluding hydrogens is 405 g/mol. The predicted molar refractivity (Wildman–Crippen MR) is 108 cm³/mol. The first-order valence-electron chi connectivity index (χ1n) is 7.83. The fourth-order valence-corrected chi connectivity index (χ4v) is 3.26. The molecule has 27 heavy (non-hydrogen) atoms. The molecule has 1 amide bonds. The van der Waals surface area contributed by atoms with Crippen molar-refractivity contribution in [1.82, 2.24) is 4.98 Å². The van der Waals surface area contributed by atoms with Crippen LogP contribution in [0, 0.1) is 0 Å². The highest BCUT2D eigenvalue weighted by atomic mass is 35.5. The monoisotopic (exact) mass is 415 g/mol. The number of fused-ring (bicyclic) bond motifs is 1. The number of nitrogens with one attached hydrogen (secondary N) is 1. The van der Waals surface area contributed by atoms with Gasteiger partial charge >= 0.3 is 0 Å². The molecule has 2 aromatic heterocycles. The van der Waals surface area contributed by atoms with Crippen LogP contribution in [-0.4, -0.2) is 10.9 Å². The highest BCUT2D eigenvalue weighted by molar-refractivity contribution is 7.13. The molecule has 134 valence electrons. The Morgan fingerprint density at radius 3 is 2.59 bits per heavy atom. The molecule has 0 aliphatic carbocycles. The van der Waals surface area contributed by atoms with E-state index in [9.17, 15) is 4.79 Å². The summed E-state index contributed by atoms with van der Waals surface area (Å²) in [7, 11) is 0. The Balaban J connectivity index is 1.87. The average molecular weight is 416 g/mol. The first-order valence-corrected chi connectivity index (χ1v) is 9.46. The molecule has 1 N–H and O–H groups in total. The van der Waals surface area contributed by atoms with Crippen molar-refractivity contribution >= 4 is 62.2 Å². The summed E-state index contributed by atoms with van der Waals surface area (Å²) in [5.74, 6) is -0.372. The summed E-state index contributed by atoms with van der Waals surface area (Å²) in [5, 5.41) is 6.86. The van der Waals surface area contributed by atoms with E-state index in [0.717, 1.165) is 0 Å². The maximum Gasteiger partial charge on any atom is 0.262 e. The topological polar surface area (TPSA) is 67.5 Å². The van der Waals surface area contributed by atoms with Gasteiger partial charge in [0, 0.05) is 27.0 Å². The van der Waals surface area contributed by atoms with Crippen LogP contribution in [0.2, 0.25) is 10.0 Å². The van der Waals surface area contributed by atoms with Crippen LogP contribution in [0.4, 0.5) is 10.8 Å². The molecule has 0 fully saturated rings. The van der Waals surface area contributed by atoms with E-state index in [1.165, 1.54) is 11.3 Å². The largest absolute Gasteiger partial charge is 0.438 e. The number of halogens is 2. The summed E-state index contributed by atoms with van der Waals surface area (Å²) >= 11 is 13.3. The summed E-state index contributed by atoms with van der Waals surface area (Å²) in [5.41, 5.74) is 1.63. The van der Waals surface area contributed by atoms with Crippen LogP contribution < -0.4 is 10.9 Å². The number of rotatable bonds is 3. The Bertz CT molecular complexity index is 1190. The number of carbonyl (C=O) groups is 1. The summed E-state index contributed by atoms with van der Waals surface area (Å²) < 4.78 is 5.89. The molecule has 0 atom stereocenters. The van der Waals surface area contributed by atoms with Crippen LogP contribution in [0.25, 0.3) is 11.0 Å². The van der Waals surface area contributed by atoms with Crippen LogP contribution in [0.3, 0.4) is 0 Å². The summed E-state index contributed by atoms with van der Waals surface area (Å²) in [4.78, 5) is 21.3. The highest BCUT2D eigenvalue weighted by Crippen LogP contribution is 2.21. The SMILES string of the molecule is O=C(Nc1nccs1)c1cc2cc(Cl)ccc2oc1=Nc1ccc(Cl)cc1. The van der Waals surface area contributed by atoms with E-state index in [0.29, 0.717) is 31.8 Å². The Morgan fingerprint density at radius 1 is 1.07 bits per heavy atom. The van der Waals surface area contributed by atoms with Gasteiger partial charge in [-0.3, -0.25) is 10.1 Å². The first-order chi connectivity index (χ1) is 13.1. The van der Waals surface area contributed by atoms with Gasteiger partial charge in [-0.25, -0.2) is 9.98 Å². The molecule has 0 aliphatic rings. The zero-order valence-electron chi connectivity index (χ0n) is 13.6. The second kappa shape index (κ2) is 7.52. The molecule has 2 aromatic carbocycles. The number of nitrogens with zero attached hydrogens (tertiary/aromatic N) is 2. The predicted octanol–water partition coefficient (Wildman–Crippen LogP) is 5.68. The van der Waals surface area contributed by atoms with Crippen LogP contribution in [0.1, 0.15) is 10.4 Å². The molecule has 0 spiro atoms. The molecule has 8 heteroatoms. The molecule has 0 aliphatic heterocycles. The second-order valence-corrected chi connectivity index (χ2v) is 7.29. The van der Waals surface area contributed by atoms with Gasteiger partial charge in [-0.2, -0.15) is 0 Å². The third-order valence-corrected chi connectivity index (χ3v) is 4.84. The van der Waals surface area contributed by atoms with E-state index in [2.05, 4.69) is 15.3 Å². The van der Waals surface area contributed by atoms with E-state index in [1.54, 1.807) is 60.1 Å². The van der Waals surface area contributed by atoms with Crippen molar-refractivity contribution in [2.75, 3.05) is 5.32 Å². The van der Waals surface area contributed by atoms with Gasteiger partial charge < -0.3 is 4.42 Å². The van der Waals surface area contributed by atoms with Crippen molar-refractivity contribution in [3.8, 4) is 0 Å². The lowest BCUT2D eigenvalue weighted by Gasteiger charge is -2.05. The van der Waals surface area contributed by atoms with Crippen LogP contribution in [-0.2, 0) is 0 Å². The number of hydrogen-bond donors (Lipinski definition) is 1. The number of hydrogen-bond acceptors (Lipinski definition) is 5. The average Bonchev–Trinajstić information content (AvgIpc) is 3.16. The highest BCUT2D eigenvalue weighted by Gasteiger charge is 2.14.